The standard InChI is InChI=1S/C57H38N4O/c1-4-16-38(17-5-1)55-58-56(39-18-6-2-7-19-39)60-57(59-55)40-32-30-37(31-33-40)41-34-35-48-52(36-41)62-51-29-15-26-46(54(48)51)44-23-11-10-22-43(44)45-25-14-28-50-53(45)47-24-12-13-27-49(47)61(50)42-20-8-3-9-21-42/h1-36,55H,(H,58,59,60). The van der Waals surface area contributed by atoms with E-state index in [1.807, 2.05) is 36.4 Å². The van der Waals surface area contributed by atoms with Gasteiger partial charge in [-0.05, 0) is 81.4 Å². The third-order valence-electron chi connectivity index (χ3n) is 12.1. The number of furan rings is 1. The lowest BCUT2D eigenvalue weighted by Crippen LogP contribution is -2.33. The highest BCUT2D eigenvalue weighted by atomic mass is 16.3. The van der Waals surface area contributed by atoms with E-state index in [4.69, 9.17) is 14.4 Å². The van der Waals surface area contributed by atoms with Gasteiger partial charge in [0.2, 0.25) is 0 Å². The first-order valence-corrected chi connectivity index (χ1v) is 21.0. The van der Waals surface area contributed by atoms with Crippen LogP contribution in [0.25, 0.3) is 82.8 Å². The van der Waals surface area contributed by atoms with Gasteiger partial charge in [0.15, 0.2) is 5.84 Å². The first kappa shape index (κ1) is 35.6. The number of rotatable bonds is 7. The molecule has 0 fully saturated rings. The predicted octanol–water partition coefficient (Wildman–Crippen LogP) is 14.2. The molecule has 0 amide bonds. The van der Waals surface area contributed by atoms with Crippen LogP contribution in [0.5, 0.6) is 0 Å². The number of benzene rings is 9. The summed E-state index contributed by atoms with van der Waals surface area (Å²) in [5, 5.41) is 8.26. The zero-order valence-electron chi connectivity index (χ0n) is 33.6. The Bertz CT molecular complexity index is 3530. The van der Waals surface area contributed by atoms with Gasteiger partial charge in [-0.2, -0.15) is 0 Å². The van der Waals surface area contributed by atoms with Crippen LogP contribution in [0.1, 0.15) is 22.9 Å². The summed E-state index contributed by atoms with van der Waals surface area (Å²) >= 11 is 0. The van der Waals surface area contributed by atoms with E-state index < -0.39 is 0 Å². The number of hydrogen-bond acceptors (Lipinski definition) is 4. The minimum atomic E-state index is -0.249. The molecule has 2 aromatic heterocycles. The molecule has 1 aliphatic rings. The summed E-state index contributed by atoms with van der Waals surface area (Å²) in [6, 6.07) is 76.9. The topological polar surface area (TPSA) is 54.8 Å². The van der Waals surface area contributed by atoms with Gasteiger partial charge >= 0.3 is 0 Å². The molecule has 1 atom stereocenters. The molecule has 1 N–H and O–H groups in total. The van der Waals surface area contributed by atoms with Crippen LogP contribution in [0.15, 0.2) is 233 Å². The van der Waals surface area contributed by atoms with Gasteiger partial charge in [-0.3, -0.25) is 0 Å². The maximum atomic E-state index is 6.68. The van der Waals surface area contributed by atoms with Crippen molar-refractivity contribution in [2.75, 3.05) is 0 Å². The quantitative estimate of drug-likeness (QED) is 0.175. The number of nitrogens with one attached hydrogen (secondary N) is 1. The first-order chi connectivity index (χ1) is 30.7. The van der Waals surface area contributed by atoms with Crippen molar-refractivity contribution in [1.29, 1.82) is 0 Å². The van der Waals surface area contributed by atoms with Crippen molar-refractivity contribution in [1.82, 2.24) is 9.88 Å². The van der Waals surface area contributed by atoms with Gasteiger partial charge < -0.3 is 14.3 Å². The van der Waals surface area contributed by atoms with E-state index in [0.717, 1.165) is 66.8 Å². The van der Waals surface area contributed by atoms with Crippen molar-refractivity contribution in [2.24, 2.45) is 9.98 Å². The highest BCUT2D eigenvalue weighted by Crippen LogP contribution is 2.45. The fourth-order valence-electron chi connectivity index (χ4n) is 9.22. The van der Waals surface area contributed by atoms with E-state index in [1.54, 1.807) is 0 Å². The number of nitrogens with zero attached hydrogens (tertiary/aromatic N) is 3. The van der Waals surface area contributed by atoms with E-state index >= 15 is 0 Å². The summed E-state index contributed by atoms with van der Waals surface area (Å²) in [7, 11) is 0. The second kappa shape index (κ2) is 14.8. The molecule has 0 spiro atoms. The van der Waals surface area contributed by atoms with E-state index in [1.165, 1.54) is 38.5 Å². The fourth-order valence-corrected chi connectivity index (χ4v) is 9.22. The molecule has 0 saturated heterocycles. The molecule has 1 unspecified atom stereocenters. The van der Waals surface area contributed by atoms with Gasteiger partial charge in [0.1, 0.15) is 23.2 Å². The molecule has 12 rings (SSSR count). The van der Waals surface area contributed by atoms with Crippen LogP contribution in [0.2, 0.25) is 0 Å². The van der Waals surface area contributed by atoms with Gasteiger partial charge in [0.05, 0.1) is 11.0 Å². The Morgan fingerprint density at radius 3 is 1.79 bits per heavy atom. The van der Waals surface area contributed by atoms with E-state index in [9.17, 15) is 0 Å². The number of aliphatic imine (C=N–C) groups is 2. The van der Waals surface area contributed by atoms with Gasteiger partial charge in [-0.15, -0.1) is 0 Å². The van der Waals surface area contributed by atoms with E-state index in [0.29, 0.717) is 5.84 Å². The molecule has 1 aliphatic heterocycles. The van der Waals surface area contributed by atoms with Gasteiger partial charge in [0, 0.05) is 38.4 Å². The van der Waals surface area contributed by atoms with Crippen molar-refractivity contribution in [3.05, 3.63) is 235 Å². The zero-order chi connectivity index (χ0) is 41.0. The third-order valence-corrected chi connectivity index (χ3v) is 12.1. The van der Waals surface area contributed by atoms with Crippen LogP contribution in [0.4, 0.5) is 0 Å². The number of para-hydroxylation sites is 2. The second-order valence-electron chi connectivity index (χ2n) is 15.7. The lowest BCUT2D eigenvalue weighted by atomic mass is 9.90. The predicted molar refractivity (Wildman–Crippen MR) is 256 cm³/mol. The van der Waals surface area contributed by atoms with Crippen LogP contribution < -0.4 is 5.32 Å². The Morgan fingerprint density at radius 1 is 0.419 bits per heavy atom. The van der Waals surface area contributed by atoms with Crippen molar-refractivity contribution in [3.63, 3.8) is 0 Å². The summed E-state index contributed by atoms with van der Waals surface area (Å²) in [5.74, 6) is 1.50. The van der Waals surface area contributed by atoms with E-state index in [-0.39, 0.29) is 6.17 Å². The molecule has 292 valence electrons. The van der Waals surface area contributed by atoms with Crippen LogP contribution in [0.3, 0.4) is 0 Å². The summed E-state index contributed by atoms with van der Waals surface area (Å²) in [6.45, 7) is 0. The Kier molecular flexibility index (Phi) is 8.49. The molecular formula is C57H38N4O. The highest BCUT2D eigenvalue weighted by Gasteiger charge is 2.23. The Morgan fingerprint density at radius 2 is 1.02 bits per heavy atom. The van der Waals surface area contributed by atoms with Gasteiger partial charge in [0.25, 0.3) is 0 Å². The molecule has 3 heterocycles. The molecular weight excluding hydrogens is 757 g/mol. The monoisotopic (exact) mass is 794 g/mol. The summed E-state index contributed by atoms with van der Waals surface area (Å²) in [4.78, 5) is 10.0. The number of hydrogen-bond donors (Lipinski definition) is 1. The maximum absolute atomic E-state index is 6.68. The molecule has 0 aliphatic carbocycles. The SMILES string of the molecule is c1ccc(C2=NC(c3ccccc3)NC(c3ccc(-c4ccc5c(c4)oc4cccc(-c6ccccc6-c6cccc7c6c6ccccc6n7-c6ccccc6)c45)cc3)=N2)cc1. The molecule has 9 aromatic carbocycles. The zero-order valence-corrected chi connectivity index (χ0v) is 33.6. The largest absolute Gasteiger partial charge is 0.456 e. The molecule has 11 aromatic rings. The average molecular weight is 795 g/mol. The van der Waals surface area contributed by atoms with E-state index in [2.05, 4.69) is 192 Å². The number of amidine groups is 2. The summed E-state index contributed by atoms with van der Waals surface area (Å²) in [5.41, 5.74) is 15.2. The minimum absolute atomic E-state index is 0.249. The fraction of sp³-hybridized carbons (Fsp3) is 0.0175. The van der Waals surface area contributed by atoms with Crippen LogP contribution in [-0.2, 0) is 0 Å². The summed E-state index contributed by atoms with van der Waals surface area (Å²) in [6.07, 6.45) is -0.249. The van der Waals surface area contributed by atoms with Crippen molar-refractivity contribution < 1.29 is 4.42 Å². The lowest BCUT2D eigenvalue weighted by Gasteiger charge is -2.23. The van der Waals surface area contributed by atoms with Crippen LogP contribution >= 0.6 is 0 Å². The number of aromatic nitrogens is 1. The highest BCUT2D eigenvalue weighted by molar-refractivity contribution is 6.19. The Balaban J connectivity index is 0.922. The van der Waals surface area contributed by atoms with Crippen molar-refractivity contribution in [3.8, 4) is 39.1 Å². The van der Waals surface area contributed by atoms with Crippen molar-refractivity contribution >= 4 is 55.4 Å². The Labute approximate surface area is 358 Å². The average Bonchev–Trinajstić information content (AvgIpc) is 3.90. The molecule has 0 saturated carbocycles. The van der Waals surface area contributed by atoms with Crippen LogP contribution in [-0.4, -0.2) is 16.2 Å². The third kappa shape index (κ3) is 6.02. The second-order valence-corrected chi connectivity index (χ2v) is 15.7. The molecule has 5 heteroatoms. The van der Waals surface area contributed by atoms with Gasteiger partial charge in [-0.25, -0.2) is 9.98 Å². The molecule has 0 radical (unpaired) electrons. The molecule has 0 bridgehead atoms. The molecule has 5 nitrogen and oxygen atoms in total. The van der Waals surface area contributed by atoms with Crippen molar-refractivity contribution in [2.45, 2.75) is 6.17 Å². The lowest BCUT2D eigenvalue weighted by molar-refractivity contribution is 0.669. The number of fused-ring (bicyclic) bond motifs is 6. The smallest absolute Gasteiger partial charge is 0.159 e. The Hall–Kier alpha value is -8.28. The van der Waals surface area contributed by atoms with Crippen LogP contribution in [0, 0.1) is 0 Å². The maximum Gasteiger partial charge on any atom is 0.159 e. The minimum Gasteiger partial charge on any atom is -0.456 e. The first-order valence-electron chi connectivity index (χ1n) is 21.0. The summed E-state index contributed by atoms with van der Waals surface area (Å²) < 4.78 is 9.06. The normalized spacial score (nSPS) is 14.0. The van der Waals surface area contributed by atoms with Gasteiger partial charge in [-0.1, -0.05) is 176 Å². The molecule has 62 heavy (non-hydrogen) atoms.